The van der Waals surface area contributed by atoms with Gasteiger partial charge in [-0.15, -0.1) is 0 Å². The number of allylic oxidation sites excluding steroid dienone is 5. The van der Waals surface area contributed by atoms with Gasteiger partial charge in [-0.1, -0.05) is 121 Å². The summed E-state index contributed by atoms with van der Waals surface area (Å²) in [6, 6.07) is 43.3. The van der Waals surface area contributed by atoms with E-state index in [2.05, 4.69) is 155 Å². The van der Waals surface area contributed by atoms with Crippen molar-refractivity contribution in [1.82, 2.24) is 14.5 Å². The van der Waals surface area contributed by atoms with Crippen molar-refractivity contribution in [3.63, 3.8) is 0 Å². The summed E-state index contributed by atoms with van der Waals surface area (Å²) in [6.07, 6.45) is 16.3. The van der Waals surface area contributed by atoms with E-state index >= 15 is 0 Å². The van der Waals surface area contributed by atoms with Gasteiger partial charge in [-0.05, 0) is 65.6 Å². The van der Waals surface area contributed by atoms with Crippen LogP contribution in [0.1, 0.15) is 12.8 Å². The fourth-order valence-electron chi connectivity index (χ4n) is 10.4. The average molecular weight is 693 g/mol. The van der Waals surface area contributed by atoms with Gasteiger partial charge in [0.25, 0.3) is 0 Å². The minimum absolute atomic E-state index is 0.0377. The van der Waals surface area contributed by atoms with Gasteiger partial charge < -0.3 is 9.32 Å². The van der Waals surface area contributed by atoms with Gasteiger partial charge in [-0.2, -0.15) is 0 Å². The molecule has 0 bridgehead atoms. The number of anilines is 1. The minimum Gasteiger partial charge on any atom is -0.456 e. The third kappa shape index (κ3) is 3.59. The molecule has 1 aliphatic heterocycles. The predicted octanol–water partition coefficient (Wildman–Crippen LogP) is 12.0. The smallest absolute Gasteiger partial charge is 0.235 e. The Hall–Kier alpha value is -6.72. The monoisotopic (exact) mass is 692 g/mol. The number of furan rings is 1. The Kier molecular flexibility index (Phi) is 5.46. The van der Waals surface area contributed by atoms with E-state index < -0.39 is 0 Å². The maximum Gasteiger partial charge on any atom is 0.235 e. The second-order valence-electron chi connectivity index (χ2n) is 15.2. The molecule has 1 fully saturated rings. The van der Waals surface area contributed by atoms with Crippen LogP contribution in [-0.4, -0.2) is 20.1 Å². The first-order chi connectivity index (χ1) is 26.8. The topological polar surface area (TPSA) is 47.1 Å². The number of rotatable bonds is 3. The van der Waals surface area contributed by atoms with Crippen molar-refractivity contribution in [2.24, 2.45) is 11.8 Å². The highest BCUT2D eigenvalue weighted by Crippen LogP contribution is 2.69. The van der Waals surface area contributed by atoms with Crippen LogP contribution < -0.4 is 4.90 Å². The van der Waals surface area contributed by atoms with E-state index in [1.165, 1.54) is 38.5 Å². The van der Waals surface area contributed by atoms with Gasteiger partial charge in [-0.25, -0.2) is 9.97 Å². The van der Waals surface area contributed by atoms with E-state index in [0.717, 1.165) is 68.0 Å². The number of hydrogen-bond donors (Lipinski definition) is 0. The summed E-state index contributed by atoms with van der Waals surface area (Å²) in [7, 11) is 0. The van der Waals surface area contributed by atoms with Crippen molar-refractivity contribution in [2.75, 3.05) is 4.90 Å². The molecule has 3 unspecified atom stereocenters. The molecule has 0 radical (unpaired) electrons. The molecular weight excluding hydrogens is 661 g/mol. The van der Waals surface area contributed by atoms with E-state index in [4.69, 9.17) is 14.4 Å². The third-order valence-corrected chi connectivity index (χ3v) is 12.6. The molecule has 5 heteroatoms. The normalized spacial score (nSPS) is 21.3. The zero-order valence-electron chi connectivity index (χ0n) is 29.3. The Morgan fingerprint density at radius 1 is 0.685 bits per heavy atom. The standard InChI is InChI=1S/C49H32N4O/c1-2-13-31-29(12-1)23-26-40-44(31)33-25-24-30(53-39-20-7-4-15-34(39)46-37-18-9-10-27-49(37,46)53)28-41(33)52(40)48-50-38-19-6-3-14-32(38)47(51-48)36-17-11-22-43-45(36)35-16-5-8-21-42(35)54-43/h1-6,8-19,21-28,37,46H,7,20H2. The van der Waals surface area contributed by atoms with Crippen molar-refractivity contribution in [1.29, 1.82) is 0 Å². The highest BCUT2D eigenvalue weighted by molar-refractivity contribution is 6.22. The number of benzene rings is 6. The Labute approximate surface area is 310 Å². The molecule has 0 N–H and O–H groups in total. The van der Waals surface area contributed by atoms with Crippen LogP contribution in [0.5, 0.6) is 0 Å². The molecule has 9 aromatic rings. The summed E-state index contributed by atoms with van der Waals surface area (Å²) in [6.45, 7) is 0. The quantitative estimate of drug-likeness (QED) is 0.185. The molecule has 3 aromatic heterocycles. The largest absolute Gasteiger partial charge is 0.456 e. The fraction of sp³-hybridized carbons (Fsp3) is 0.102. The van der Waals surface area contributed by atoms with Gasteiger partial charge >= 0.3 is 0 Å². The molecule has 54 heavy (non-hydrogen) atoms. The highest BCUT2D eigenvalue weighted by atomic mass is 16.3. The van der Waals surface area contributed by atoms with Crippen molar-refractivity contribution < 1.29 is 4.42 Å². The van der Waals surface area contributed by atoms with Crippen LogP contribution in [0, 0.1) is 11.8 Å². The first-order valence-corrected chi connectivity index (χ1v) is 19.0. The van der Waals surface area contributed by atoms with E-state index in [1.54, 1.807) is 0 Å². The Morgan fingerprint density at radius 2 is 1.54 bits per heavy atom. The van der Waals surface area contributed by atoms with Crippen molar-refractivity contribution in [2.45, 2.75) is 18.4 Å². The molecule has 0 amide bonds. The average Bonchev–Trinajstić information content (AvgIpc) is 3.43. The molecule has 5 nitrogen and oxygen atoms in total. The molecule has 6 aromatic carbocycles. The molecule has 4 aliphatic rings. The summed E-state index contributed by atoms with van der Waals surface area (Å²) < 4.78 is 8.68. The van der Waals surface area contributed by atoms with Crippen LogP contribution in [0.2, 0.25) is 0 Å². The molecular formula is C49H32N4O. The van der Waals surface area contributed by atoms with Crippen LogP contribution in [0.3, 0.4) is 0 Å². The van der Waals surface area contributed by atoms with Gasteiger partial charge in [0.05, 0.1) is 27.8 Å². The lowest BCUT2D eigenvalue weighted by Crippen LogP contribution is -2.36. The van der Waals surface area contributed by atoms with E-state index in [9.17, 15) is 0 Å². The van der Waals surface area contributed by atoms with Crippen LogP contribution >= 0.6 is 0 Å². The molecule has 1 saturated carbocycles. The van der Waals surface area contributed by atoms with Gasteiger partial charge in [0.2, 0.25) is 5.95 Å². The lowest BCUT2D eigenvalue weighted by atomic mass is 9.98. The Morgan fingerprint density at radius 3 is 2.50 bits per heavy atom. The van der Waals surface area contributed by atoms with Crippen molar-refractivity contribution in [3.8, 4) is 17.2 Å². The fourth-order valence-corrected chi connectivity index (χ4v) is 10.4. The van der Waals surface area contributed by atoms with Gasteiger partial charge in [0.1, 0.15) is 11.2 Å². The number of nitrogens with zero attached hydrogens (tertiary/aromatic N) is 4. The number of aromatic nitrogens is 3. The summed E-state index contributed by atoms with van der Waals surface area (Å²) in [4.78, 5) is 13.6. The molecule has 3 atom stereocenters. The van der Waals surface area contributed by atoms with Gasteiger partial charge in [0, 0.05) is 55.7 Å². The van der Waals surface area contributed by atoms with Crippen LogP contribution in [0.25, 0.3) is 82.6 Å². The SMILES string of the molecule is C1=CC2C3C4=C(CCC=C4)N(c4ccc5c6c7ccccc7ccc6n(-c6nc(-c7cccc8oc9ccccc9c78)c7ccccc7n6)c5c4)C23C=C1. The molecule has 3 aliphatic carbocycles. The van der Waals surface area contributed by atoms with Gasteiger partial charge in [0.15, 0.2) is 0 Å². The number of para-hydroxylation sites is 2. The van der Waals surface area contributed by atoms with Crippen molar-refractivity contribution >= 4 is 71.1 Å². The summed E-state index contributed by atoms with van der Waals surface area (Å²) in [5.74, 6) is 1.64. The number of hydrogen-bond acceptors (Lipinski definition) is 4. The predicted molar refractivity (Wildman–Crippen MR) is 220 cm³/mol. The second kappa shape index (κ2) is 10.2. The second-order valence-corrected chi connectivity index (χ2v) is 15.2. The first-order valence-electron chi connectivity index (χ1n) is 19.0. The molecule has 1 spiro atoms. The minimum atomic E-state index is -0.0377. The molecule has 254 valence electrons. The van der Waals surface area contributed by atoms with Gasteiger partial charge in [-0.3, -0.25) is 4.57 Å². The zero-order chi connectivity index (χ0) is 35.1. The zero-order valence-corrected chi connectivity index (χ0v) is 29.3. The van der Waals surface area contributed by atoms with Crippen LogP contribution in [0.15, 0.2) is 173 Å². The Balaban J connectivity index is 1.12. The van der Waals surface area contributed by atoms with Crippen LogP contribution in [0.4, 0.5) is 5.69 Å². The maximum atomic E-state index is 6.36. The van der Waals surface area contributed by atoms with E-state index in [1.807, 2.05) is 12.1 Å². The third-order valence-electron chi connectivity index (χ3n) is 12.6. The lowest BCUT2D eigenvalue weighted by Gasteiger charge is -2.34. The maximum absolute atomic E-state index is 6.36. The first kappa shape index (κ1) is 28.8. The van der Waals surface area contributed by atoms with Crippen LogP contribution in [-0.2, 0) is 0 Å². The molecule has 13 rings (SSSR count). The summed E-state index contributed by atoms with van der Waals surface area (Å²) in [5.41, 5.74) is 10.9. The lowest BCUT2D eigenvalue weighted by molar-refractivity contribution is 0.669. The Bertz CT molecular complexity index is 3260. The molecule has 4 heterocycles. The van der Waals surface area contributed by atoms with E-state index in [0.29, 0.717) is 17.8 Å². The van der Waals surface area contributed by atoms with Crippen molar-refractivity contribution in [3.05, 3.63) is 169 Å². The summed E-state index contributed by atoms with van der Waals surface area (Å²) >= 11 is 0. The molecule has 0 saturated heterocycles. The summed E-state index contributed by atoms with van der Waals surface area (Å²) in [5, 5.41) is 8.03. The number of fused-ring (bicyclic) bond motifs is 11. The van der Waals surface area contributed by atoms with E-state index in [-0.39, 0.29) is 5.54 Å². The highest BCUT2D eigenvalue weighted by Gasteiger charge is 2.71.